The van der Waals surface area contributed by atoms with Crippen molar-refractivity contribution in [2.45, 2.75) is 13.3 Å². The summed E-state index contributed by atoms with van der Waals surface area (Å²) in [7, 11) is 0. The van der Waals surface area contributed by atoms with E-state index in [9.17, 15) is 9.59 Å². The number of fused-ring (bicyclic) bond motifs is 1. The molecular weight excluding hydrogens is 404 g/mol. The number of hydrogen-bond donors (Lipinski definition) is 1. The third-order valence-electron chi connectivity index (χ3n) is 4.98. The zero-order valence-electron chi connectivity index (χ0n) is 14.9. The Morgan fingerprint density at radius 1 is 1.11 bits per heavy atom. The molecule has 0 saturated carbocycles. The second-order valence-electron chi connectivity index (χ2n) is 6.86. The molecule has 0 bridgehead atoms. The van der Waals surface area contributed by atoms with E-state index in [0.717, 1.165) is 32.2 Å². The lowest BCUT2D eigenvalue weighted by atomic mass is 10.1. The number of amides is 2. The normalized spacial score (nSPS) is 16.7. The van der Waals surface area contributed by atoms with E-state index >= 15 is 0 Å². The van der Waals surface area contributed by atoms with E-state index in [1.807, 2.05) is 67.6 Å². The monoisotopic (exact) mass is 422 g/mol. The standard InChI is InChI=1S/C22H19BrN2O2/c1-14-11-17(9-10-19(14)23)24-22(27)16-12-21(26)25(13-16)20-8-4-6-15-5-2-3-7-18(15)20/h2-11,16H,12-13H2,1H3,(H,24,27)/t16-/m1/s1. The van der Waals surface area contributed by atoms with Crippen molar-refractivity contribution >= 4 is 49.9 Å². The van der Waals surface area contributed by atoms with Gasteiger partial charge in [-0.3, -0.25) is 9.59 Å². The van der Waals surface area contributed by atoms with Crippen LogP contribution < -0.4 is 10.2 Å². The summed E-state index contributed by atoms with van der Waals surface area (Å²) in [4.78, 5) is 27.1. The minimum absolute atomic E-state index is 0.0153. The van der Waals surface area contributed by atoms with Crippen LogP contribution in [0, 0.1) is 12.8 Å². The molecule has 0 radical (unpaired) electrons. The molecule has 1 fully saturated rings. The Labute approximate surface area is 166 Å². The molecule has 1 aliphatic rings. The zero-order chi connectivity index (χ0) is 19.0. The van der Waals surface area contributed by atoms with Crippen molar-refractivity contribution in [3.05, 3.63) is 70.7 Å². The quantitative estimate of drug-likeness (QED) is 0.652. The fourth-order valence-corrected chi connectivity index (χ4v) is 3.77. The number of benzene rings is 3. The summed E-state index contributed by atoms with van der Waals surface area (Å²) in [6, 6.07) is 19.6. The van der Waals surface area contributed by atoms with Gasteiger partial charge in [-0.1, -0.05) is 52.3 Å². The van der Waals surface area contributed by atoms with Crippen molar-refractivity contribution in [2.24, 2.45) is 5.92 Å². The second kappa shape index (κ2) is 7.16. The van der Waals surface area contributed by atoms with Gasteiger partial charge >= 0.3 is 0 Å². The highest BCUT2D eigenvalue weighted by molar-refractivity contribution is 9.10. The second-order valence-corrected chi connectivity index (χ2v) is 7.71. The number of aryl methyl sites for hydroxylation is 1. The van der Waals surface area contributed by atoms with Gasteiger partial charge in [-0.2, -0.15) is 0 Å². The average molecular weight is 423 g/mol. The van der Waals surface area contributed by atoms with Crippen LogP contribution in [0.1, 0.15) is 12.0 Å². The van der Waals surface area contributed by atoms with Crippen molar-refractivity contribution < 1.29 is 9.59 Å². The van der Waals surface area contributed by atoms with Crippen LogP contribution in [0.4, 0.5) is 11.4 Å². The van der Waals surface area contributed by atoms with Crippen LogP contribution in [0.3, 0.4) is 0 Å². The Hall–Kier alpha value is -2.66. The summed E-state index contributed by atoms with van der Waals surface area (Å²) in [5.74, 6) is -0.494. The molecule has 136 valence electrons. The van der Waals surface area contributed by atoms with E-state index in [1.54, 1.807) is 4.90 Å². The highest BCUT2D eigenvalue weighted by atomic mass is 79.9. The van der Waals surface area contributed by atoms with Crippen molar-refractivity contribution in [3.63, 3.8) is 0 Å². The van der Waals surface area contributed by atoms with Crippen LogP contribution >= 0.6 is 15.9 Å². The van der Waals surface area contributed by atoms with Crippen LogP contribution in [0.2, 0.25) is 0 Å². The Kier molecular flexibility index (Phi) is 4.70. The molecule has 4 rings (SSSR count). The van der Waals surface area contributed by atoms with Gasteiger partial charge in [0.2, 0.25) is 11.8 Å². The van der Waals surface area contributed by atoms with Crippen LogP contribution in [-0.2, 0) is 9.59 Å². The molecule has 0 spiro atoms. The van der Waals surface area contributed by atoms with Gasteiger partial charge in [0.05, 0.1) is 11.6 Å². The summed E-state index contributed by atoms with van der Waals surface area (Å²) < 4.78 is 0.999. The molecule has 1 atom stereocenters. The predicted octanol–water partition coefficient (Wildman–Crippen LogP) is 4.90. The maximum atomic E-state index is 12.7. The molecule has 1 aliphatic heterocycles. The molecule has 5 heteroatoms. The van der Waals surface area contributed by atoms with E-state index in [-0.39, 0.29) is 24.2 Å². The summed E-state index contributed by atoms with van der Waals surface area (Å²) in [6.45, 7) is 2.37. The minimum Gasteiger partial charge on any atom is -0.326 e. The molecule has 0 aliphatic carbocycles. The molecule has 4 nitrogen and oxygen atoms in total. The lowest BCUT2D eigenvalue weighted by Crippen LogP contribution is -2.28. The fraction of sp³-hybridized carbons (Fsp3) is 0.182. The maximum absolute atomic E-state index is 12.7. The van der Waals surface area contributed by atoms with E-state index in [1.165, 1.54) is 0 Å². The summed E-state index contributed by atoms with van der Waals surface area (Å²) >= 11 is 3.46. The smallest absolute Gasteiger partial charge is 0.229 e. The predicted molar refractivity (Wildman–Crippen MR) is 112 cm³/mol. The van der Waals surface area contributed by atoms with Gasteiger partial charge in [0.25, 0.3) is 0 Å². The van der Waals surface area contributed by atoms with Gasteiger partial charge < -0.3 is 10.2 Å². The average Bonchev–Trinajstić information content (AvgIpc) is 3.06. The molecule has 3 aromatic carbocycles. The summed E-state index contributed by atoms with van der Waals surface area (Å²) in [6.07, 6.45) is 0.227. The van der Waals surface area contributed by atoms with Gasteiger partial charge in [0.1, 0.15) is 0 Å². The number of carbonyl (C=O) groups excluding carboxylic acids is 2. The minimum atomic E-state index is -0.361. The molecule has 1 N–H and O–H groups in total. The largest absolute Gasteiger partial charge is 0.326 e. The molecule has 0 aromatic heterocycles. The van der Waals surface area contributed by atoms with Crippen LogP contribution in [0.15, 0.2) is 65.1 Å². The number of nitrogens with zero attached hydrogens (tertiary/aromatic N) is 1. The van der Waals surface area contributed by atoms with Gasteiger partial charge in [-0.15, -0.1) is 0 Å². The summed E-state index contributed by atoms with van der Waals surface area (Å²) in [5.41, 5.74) is 2.66. The zero-order valence-corrected chi connectivity index (χ0v) is 16.5. The highest BCUT2D eigenvalue weighted by Gasteiger charge is 2.35. The molecular formula is C22H19BrN2O2. The highest BCUT2D eigenvalue weighted by Crippen LogP contribution is 2.32. The lowest BCUT2D eigenvalue weighted by Gasteiger charge is -2.19. The Morgan fingerprint density at radius 3 is 2.70 bits per heavy atom. The molecule has 1 heterocycles. The number of rotatable bonds is 3. The first kappa shape index (κ1) is 17.7. The van der Waals surface area contributed by atoms with Crippen molar-refractivity contribution in [3.8, 4) is 0 Å². The number of hydrogen-bond acceptors (Lipinski definition) is 2. The van der Waals surface area contributed by atoms with Gasteiger partial charge in [-0.25, -0.2) is 0 Å². The van der Waals surface area contributed by atoms with Crippen molar-refractivity contribution in [2.75, 3.05) is 16.8 Å². The first-order valence-electron chi connectivity index (χ1n) is 8.88. The molecule has 27 heavy (non-hydrogen) atoms. The fourth-order valence-electron chi connectivity index (χ4n) is 3.53. The molecule has 3 aromatic rings. The lowest BCUT2D eigenvalue weighted by molar-refractivity contribution is -0.122. The van der Waals surface area contributed by atoms with Crippen molar-refractivity contribution in [1.29, 1.82) is 0 Å². The van der Waals surface area contributed by atoms with E-state index in [2.05, 4.69) is 21.2 Å². The van der Waals surface area contributed by atoms with E-state index < -0.39 is 0 Å². The Balaban J connectivity index is 1.55. The molecule has 2 amide bonds. The maximum Gasteiger partial charge on any atom is 0.229 e. The van der Waals surface area contributed by atoms with Crippen LogP contribution in [-0.4, -0.2) is 18.4 Å². The number of carbonyl (C=O) groups is 2. The van der Waals surface area contributed by atoms with Crippen LogP contribution in [0.25, 0.3) is 10.8 Å². The third kappa shape index (κ3) is 3.47. The molecule has 1 saturated heterocycles. The molecule has 0 unspecified atom stereocenters. The number of nitrogens with one attached hydrogen (secondary N) is 1. The summed E-state index contributed by atoms with van der Waals surface area (Å²) in [5, 5.41) is 5.05. The van der Waals surface area contributed by atoms with Crippen LogP contribution in [0.5, 0.6) is 0 Å². The third-order valence-corrected chi connectivity index (χ3v) is 5.87. The Bertz CT molecular complexity index is 1040. The van der Waals surface area contributed by atoms with Gasteiger partial charge in [0, 0.05) is 28.5 Å². The number of anilines is 2. The first-order chi connectivity index (χ1) is 13.0. The van der Waals surface area contributed by atoms with E-state index in [4.69, 9.17) is 0 Å². The van der Waals surface area contributed by atoms with Gasteiger partial charge in [0.15, 0.2) is 0 Å². The van der Waals surface area contributed by atoms with E-state index in [0.29, 0.717) is 6.54 Å². The van der Waals surface area contributed by atoms with Gasteiger partial charge in [-0.05, 0) is 42.1 Å². The Morgan fingerprint density at radius 2 is 1.89 bits per heavy atom. The first-order valence-corrected chi connectivity index (χ1v) is 9.67. The topological polar surface area (TPSA) is 49.4 Å². The number of halogens is 1. The SMILES string of the molecule is Cc1cc(NC(=O)[C@@H]2CC(=O)N(c3cccc4ccccc34)C2)ccc1Br. The van der Waals surface area contributed by atoms with Crippen molar-refractivity contribution in [1.82, 2.24) is 0 Å².